The molecule has 22 heavy (non-hydrogen) atoms. The molecule has 0 aliphatic heterocycles. The first-order chi connectivity index (χ1) is 10.6. The number of ether oxygens (including phenoxy) is 1. The molecule has 0 saturated carbocycles. The van der Waals surface area contributed by atoms with Crippen LogP contribution >= 0.6 is 0 Å². The Labute approximate surface area is 127 Å². The quantitative estimate of drug-likeness (QED) is 0.802. The third-order valence-corrected chi connectivity index (χ3v) is 3.60. The molecule has 3 aromatic rings. The van der Waals surface area contributed by atoms with Crippen LogP contribution < -0.4 is 4.74 Å². The van der Waals surface area contributed by atoms with Crippen molar-refractivity contribution in [2.45, 2.75) is 13.3 Å². The van der Waals surface area contributed by atoms with Gasteiger partial charge in [-0.15, -0.1) is 0 Å². The number of hydrogen-bond acceptors (Lipinski definition) is 3. The van der Waals surface area contributed by atoms with Gasteiger partial charge in [-0.2, -0.15) is 0 Å². The zero-order chi connectivity index (χ0) is 15.7. The van der Waals surface area contributed by atoms with Crippen LogP contribution in [0.2, 0.25) is 0 Å². The number of hydrogen-bond donors (Lipinski definition) is 1. The molecule has 1 heterocycles. The van der Waals surface area contributed by atoms with Gasteiger partial charge in [0.1, 0.15) is 11.6 Å². The van der Waals surface area contributed by atoms with Crippen LogP contribution in [0.15, 0.2) is 42.5 Å². The van der Waals surface area contributed by atoms with Crippen LogP contribution in [-0.4, -0.2) is 27.7 Å². The minimum Gasteiger partial charge on any atom is -0.497 e. The van der Waals surface area contributed by atoms with Gasteiger partial charge in [-0.05, 0) is 30.3 Å². The number of rotatable bonds is 4. The maximum absolute atomic E-state index is 11.1. The molecule has 0 aliphatic rings. The van der Waals surface area contributed by atoms with Gasteiger partial charge >= 0.3 is 5.97 Å². The Kier molecular flexibility index (Phi) is 3.55. The molecule has 0 bridgehead atoms. The van der Waals surface area contributed by atoms with Crippen molar-refractivity contribution in [3.8, 4) is 11.4 Å². The molecule has 2 aromatic carbocycles. The highest BCUT2D eigenvalue weighted by molar-refractivity contribution is 5.92. The number of aromatic nitrogens is 2. The topological polar surface area (TPSA) is 64.3 Å². The highest BCUT2D eigenvalue weighted by atomic mass is 16.5. The summed E-state index contributed by atoms with van der Waals surface area (Å²) in [6.45, 7) is 2.02. The molecule has 0 aliphatic carbocycles. The highest BCUT2D eigenvalue weighted by Crippen LogP contribution is 2.25. The first kappa shape index (κ1) is 14.1. The molecule has 3 rings (SSSR count). The molecule has 0 unspecified atom stereocenters. The lowest BCUT2D eigenvalue weighted by Crippen LogP contribution is -2.00. The molecular formula is C17H16N2O3. The van der Waals surface area contributed by atoms with Crippen LogP contribution in [0.1, 0.15) is 23.1 Å². The van der Waals surface area contributed by atoms with Gasteiger partial charge in [-0.3, -0.25) is 4.57 Å². The molecule has 0 saturated heterocycles. The van der Waals surface area contributed by atoms with Crippen molar-refractivity contribution in [1.29, 1.82) is 0 Å². The van der Waals surface area contributed by atoms with E-state index >= 15 is 0 Å². The Hall–Kier alpha value is -2.82. The van der Waals surface area contributed by atoms with Crippen LogP contribution in [0.4, 0.5) is 0 Å². The second kappa shape index (κ2) is 5.52. The van der Waals surface area contributed by atoms with E-state index in [0.717, 1.165) is 29.2 Å². The summed E-state index contributed by atoms with van der Waals surface area (Å²) in [4.78, 5) is 15.7. The summed E-state index contributed by atoms with van der Waals surface area (Å²) in [7, 11) is 1.63. The van der Waals surface area contributed by atoms with Crippen LogP contribution in [0, 0.1) is 0 Å². The smallest absolute Gasteiger partial charge is 0.335 e. The molecule has 0 amide bonds. The highest BCUT2D eigenvalue weighted by Gasteiger charge is 2.13. The Bertz CT molecular complexity index is 852. The number of carboxylic acids is 1. The first-order valence-corrected chi connectivity index (χ1v) is 7.03. The fraction of sp³-hybridized carbons (Fsp3) is 0.176. The fourth-order valence-corrected chi connectivity index (χ4v) is 2.54. The predicted molar refractivity (Wildman–Crippen MR) is 84.0 cm³/mol. The van der Waals surface area contributed by atoms with E-state index in [-0.39, 0.29) is 5.56 Å². The molecule has 5 heteroatoms. The van der Waals surface area contributed by atoms with Gasteiger partial charge < -0.3 is 9.84 Å². The van der Waals surface area contributed by atoms with Gasteiger partial charge in [-0.25, -0.2) is 9.78 Å². The summed E-state index contributed by atoms with van der Waals surface area (Å²) in [5.74, 6) is 0.699. The molecule has 112 valence electrons. The van der Waals surface area contributed by atoms with E-state index in [1.165, 1.54) is 0 Å². The van der Waals surface area contributed by atoms with Gasteiger partial charge in [0.15, 0.2) is 0 Å². The third kappa shape index (κ3) is 2.30. The zero-order valence-electron chi connectivity index (χ0n) is 12.4. The van der Waals surface area contributed by atoms with Crippen molar-refractivity contribution < 1.29 is 14.6 Å². The van der Waals surface area contributed by atoms with E-state index in [0.29, 0.717) is 5.52 Å². The summed E-state index contributed by atoms with van der Waals surface area (Å²) in [6.07, 6.45) is 0.744. The molecule has 0 atom stereocenters. The summed E-state index contributed by atoms with van der Waals surface area (Å²) in [6, 6.07) is 12.7. The molecule has 0 radical (unpaired) electrons. The van der Waals surface area contributed by atoms with Gasteiger partial charge in [0, 0.05) is 12.5 Å². The lowest BCUT2D eigenvalue weighted by molar-refractivity contribution is 0.0697. The fourth-order valence-electron chi connectivity index (χ4n) is 2.54. The number of nitrogens with zero attached hydrogens (tertiary/aromatic N) is 2. The number of carbonyl (C=O) groups is 1. The van der Waals surface area contributed by atoms with Crippen molar-refractivity contribution >= 4 is 17.0 Å². The minimum atomic E-state index is -0.948. The Morgan fingerprint density at radius 3 is 2.77 bits per heavy atom. The van der Waals surface area contributed by atoms with Gasteiger partial charge in [0.2, 0.25) is 0 Å². The normalized spacial score (nSPS) is 10.8. The molecule has 1 aromatic heterocycles. The van der Waals surface area contributed by atoms with Crippen LogP contribution in [0.5, 0.6) is 5.75 Å². The Balaban J connectivity index is 2.25. The molecular weight excluding hydrogens is 280 g/mol. The number of aromatic carboxylic acids is 1. The maximum atomic E-state index is 11.1. The summed E-state index contributed by atoms with van der Waals surface area (Å²) in [5.41, 5.74) is 2.75. The Morgan fingerprint density at radius 2 is 2.09 bits per heavy atom. The number of fused-ring (bicyclic) bond motifs is 1. The van der Waals surface area contributed by atoms with Crippen molar-refractivity contribution in [3.63, 3.8) is 0 Å². The minimum absolute atomic E-state index is 0.241. The number of methoxy groups -OCH3 is 1. The van der Waals surface area contributed by atoms with E-state index in [9.17, 15) is 4.79 Å². The predicted octanol–water partition coefficient (Wildman–Crippen LogP) is 3.29. The van der Waals surface area contributed by atoms with E-state index in [2.05, 4.69) is 4.98 Å². The molecule has 5 nitrogen and oxygen atoms in total. The van der Waals surface area contributed by atoms with Crippen molar-refractivity contribution in [3.05, 3.63) is 53.9 Å². The average molecular weight is 296 g/mol. The van der Waals surface area contributed by atoms with Crippen LogP contribution in [-0.2, 0) is 6.42 Å². The summed E-state index contributed by atoms with van der Waals surface area (Å²) >= 11 is 0. The lowest BCUT2D eigenvalue weighted by atomic mass is 10.2. The van der Waals surface area contributed by atoms with E-state index < -0.39 is 5.97 Å². The van der Waals surface area contributed by atoms with Crippen molar-refractivity contribution in [2.75, 3.05) is 7.11 Å². The third-order valence-electron chi connectivity index (χ3n) is 3.60. The first-order valence-electron chi connectivity index (χ1n) is 7.03. The van der Waals surface area contributed by atoms with E-state index in [1.54, 1.807) is 25.3 Å². The van der Waals surface area contributed by atoms with Crippen molar-refractivity contribution in [1.82, 2.24) is 9.55 Å². The molecule has 0 spiro atoms. The maximum Gasteiger partial charge on any atom is 0.335 e. The summed E-state index contributed by atoms with van der Waals surface area (Å²) < 4.78 is 7.31. The molecule has 0 fully saturated rings. The van der Waals surface area contributed by atoms with Gasteiger partial charge in [-0.1, -0.05) is 13.0 Å². The summed E-state index contributed by atoms with van der Waals surface area (Å²) in [5, 5.41) is 9.11. The number of benzene rings is 2. The number of carboxylic acid groups (broad SMARTS) is 1. The number of imidazole rings is 1. The Morgan fingerprint density at radius 1 is 1.27 bits per heavy atom. The second-order valence-corrected chi connectivity index (χ2v) is 4.93. The molecule has 1 N–H and O–H groups in total. The van der Waals surface area contributed by atoms with E-state index in [1.807, 2.05) is 35.8 Å². The second-order valence-electron chi connectivity index (χ2n) is 4.93. The largest absolute Gasteiger partial charge is 0.497 e. The van der Waals surface area contributed by atoms with Crippen LogP contribution in [0.25, 0.3) is 16.7 Å². The van der Waals surface area contributed by atoms with Gasteiger partial charge in [0.05, 0.1) is 29.4 Å². The zero-order valence-corrected chi connectivity index (χ0v) is 12.4. The monoisotopic (exact) mass is 296 g/mol. The standard InChI is InChI=1S/C17H16N2O3/c1-3-16-18-14-9-11(17(20)21)7-8-15(14)19(16)12-5-4-6-13(10-12)22-2/h4-10H,3H2,1-2H3,(H,20,21). The van der Waals surface area contributed by atoms with Gasteiger partial charge in [0.25, 0.3) is 0 Å². The van der Waals surface area contributed by atoms with Crippen molar-refractivity contribution in [2.24, 2.45) is 0 Å². The van der Waals surface area contributed by atoms with Crippen LogP contribution in [0.3, 0.4) is 0 Å². The average Bonchev–Trinajstić information content (AvgIpc) is 2.92. The van der Waals surface area contributed by atoms with E-state index in [4.69, 9.17) is 9.84 Å². The number of aryl methyl sites for hydroxylation is 1. The lowest BCUT2D eigenvalue weighted by Gasteiger charge is -2.09. The SMILES string of the molecule is CCc1nc2cc(C(=O)O)ccc2n1-c1cccc(OC)c1.